The van der Waals surface area contributed by atoms with Gasteiger partial charge in [0.05, 0.1) is 5.69 Å². The Hall–Kier alpha value is -3.63. The van der Waals surface area contributed by atoms with Gasteiger partial charge in [-0.15, -0.1) is 0 Å². The summed E-state index contributed by atoms with van der Waals surface area (Å²) in [5.41, 5.74) is -0.638. The van der Waals surface area contributed by atoms with E-state index in [1.807, 2.05) is 0 Å². The molecule has 4 aromatic heterocycles. The molecule has 1 aliphatic rings. The zero-order chi connectivity index (χ0) is 34.1. The number of anilines is 1. The number of piperidine rings is 1. The summed E-state index contributed by atoms with van der Waals surface area (Å²) in [4.78, 5) is 32.0. The molecule has 0 spiro atoms. The van der Waals surface area contributed by atoms with Gasteiger partial charge in [0.15, 0.2) is 5.01 Å². The third kappa shape index (κ3) is 8.84. The van der Waals surface area contributed by atoms with Crippen LogP contribution in [0.4, 0.5) is 23.9 Å². The lowest BCUT2D eigenvalue weighted by atomic mass is 10.1. The molecule has 4 aromatic rings. The average Bonchev–Trinajstić information content (AvgIpc) is 3.56. The SMILES string of the molecule is Cc1nsc(-c2ccc3c(-c4nc(N[C@H]5CCCN(C(=O)OC(C)(C)C)C5)ncc4C(F)(F)F)cn(COCC[Si](C)(C)C)c3n2)n1. The van der Waals surface area contributed by atoms with Gasteiger partial charge < -0.3 is 24.3 Å². The number of pyridine rings is 1. The van der Waals surface area contributed by atoms with Crippen molar-refractivity contribution < 1.29 is 27.4 Å². The van der Waals surface area contributed by atoms with Gasteiger partial charge >= 0.3 is 12.3 Å². The van der Waals surface area contributed by atoms with Crippen molar-refractivity contribution >= 4 is 42.7 Å². The van der Waals surface area contributed by atoms with Crippen molar-refractivity contribution in [3.8, 4) is 22.0 Å². The van der Waals surface area contributed by atoms with Crippen LogP contribution in [0, 0.1) is 6.92 Å². The molecule has 0 saturated carbocycles. The molecule has 254 valence electrons. The Morgan fingerprint density at radius 1 is 1.15 bits per heavy atom. The van der Waals surface area contributed by atoms with Crippen LogP contribution in [0.15, 0.2) is 24.5 Å². The number of hydrogen-bond acceptors (Lipinski definition) is 10. The summed E-state index contributed by atoms with van der Waals surface area (Å²) in [6, 6.07) is 4.12. The Bertz CT molecular complexity index is 1730. The summed E-state index contributed by atoms with van der Waals surface area (Å²) < 4.78 is 60.8. The van der Waals surface area contributed by atoms with Crippen molar-refractivity contribution in [2.24, 2.45) is 0 Å². The number of nitrogens with zero attached hydrogens (tertiary/aromatic N) is 7. The van der Waals surface area contributed by atoms with Gasteiger partial charge in [-0.25, -0.2) is 24.7 Å². The van der Waals surface area contributed by atoms with E-state index in [0.29, 0.717) is 60.1 Å². The lowest BCUT2D eigenvalue weighted by Crippen LogP contribution is -2.47. The van der Waals surface area contributed by atoms with E-state index in [2.05, 4.69) is 44.3 Å². The second-order valence-corrected chi connectivity index (χ2v) is 20.3. The van der Waals surface area contributed by atoms with Crippen LogP contribution in [0.25, 0.3) is 33.0 Å². The van der Waals surface area contributed by atoms with Crippen molar-refractivity contribution in [1.29, 1.82) is 0 Å². The van der Waals surface area contributed by atoms with Crippen LogP contribution in [-0.4, -0.2) is 79.3 Å². The Labute approximate surface area is 277 Å². The highest BCUT2D eigenvalue weighted by Crippen LogP contribution is 2.40. The normalized spacial score (nSPS) is 16.1. The molecule has 0 aliphatic carbocycles. The largest absolute Gasteiger partial charge is 0.444 e. The highest BCUT2D eigenvalue weighted by atomic mass is 32.1. The summed E-state index contributed by atoms with van der Waals surface area (Å²) in [7, 11) is -1.36. The molecule has 47 heavy (non-hydrogen) atoms. The van der Waals surface area contributed by atoms with Crippen LogP contribution >= 0.6 is 11.5 Å². The number of amides is 1. The Morgan fingerprint density at radius 3 is 2.57 bits per heavy atom. The average molecular weight is 691 g/mol. The molecule has 1 fully saturated rings. The number of halogens is 3. The second-order valence-electron chi connectivity index (χ2n) is 13.9. The van der Waals surface area contributed by atoms with E-state index in [1.165, 1.54) is 11.5 Å². The van der Waals surface area contributed by atoms with E-state index in [-0.39, 0.29) is 30.0 Å². The maximum Gasteiger partial charge on any atom is 0.419 e. The lowest BCUT2D eigenvalue weighted by molar-refractivity contribution is -0.137. The lowest BCUT2D eigenvalue weighted by Gasteiger charge is -2.34. The van der Waals surface area contributed by atoms with Crippen LogP contribution < -0.4 is 5.32 Å². The minimum absolute atomic E-state index is 0.0326. The topological polar surface area (TPSA) is 120 Å². The highest BCUT2D eigenvalue weighted by Gasteiger charge is 2.37. The molecule has 1 amide bonds. The van der Waals surface area contributed by atoms with Crippen molar-refractivity contribution in [1.82, 2.24) is 33.8 Å². The fourth-order valence-electron chi connectivity index (χ4n) is 5.15. The first-order chi connectivity index (χ1) is 22.0. The molecule has 5 rings (SSSR count). The number of fused-ring (bicyclic) bond motifs is 1. The van der Waals surface area contributed by atoms with Gasteiger partial charge in [-0.2, -0.15) is 17.5 Å². The summed E-state index contributed by atoms with van der Waals surface area (Å²) in [6.45, 7) is 15.4. The molecule has 1 aliphatic heterocycles. The zero-order valence-electron chi connectivity index (χ0n) is 27.7. The first-order valence-electron chi connectivity index (χ1n) is 15.5. The van der Waals surface area contributed by atoms with E-state index >= 15 is 0 Å². The Kier molecular flexibility index (Phi) is 9.94. The molecular weight excluding hydrogens is 650 g/mol. The molecule has 0 aromatic carbocycles. The summed E-state index contributed by atoms with van der Waals surface area (Å²) in [6.07, 6.45) is -1.37. The highest BCUT2D eigenvalue weighted by molar-refractivity contribution is 7.09. The van der Waals surface area contributed by atoms with Gasteiger partial charge in [0.2, 0.25) is 5.95 Å². The standard InChI is InChI=1S/C31H41F3N8O3SSi/c1-19-36-27(46-40-19)24-11-10-21-22(17-42(26(21)38-24)18-44-13-14-47(5,6)7)25-23(31(32,33)34)15-35-28(39-25)37-20-9-8-12-41(16-20)29(43)45-30(2,3)4/h10-11,15,17,20H,8-9,12-14,16,18H2,1-7H3,(H,35,37,39)/t20-/m0/s1. The van der Waals surface area contributed by atoms with Crippen LogP contribution in [0.3, 0.4) is 0 Å². The van der Waals surface area contributed by atoms with Crippen molar-refractivity contribution in [2.75, 3.05) is 25.0 Å². The van der Waals surface area contributed by atoms with Crippen molar-refractivity contribution in [2.45, 2.75) is 90.8 Å². The van der Waals surface area contributed by atoms with E-state index in [9.17, 15) is 18.0 Å². The number of carbonyl (C=O) groups is 1. The molecule has 16 heteroatoms. The maximum atomic E-state index is 14.4. The molecule has 1 saturated heterocycles. The van der Waals surface area contributed by atoms with Gasteiger partial charge in [0, 0.05) is 57.2 Å². The van der Waals surface area contributed by atoms with E-state index in [4.69, 9.17) is 14.5 Å². The third-order valence-corrected chi connectivity index (χ3v) is 9.98. The van der Waals surface area contributed by atoms with Gasteiger partial charge in [-0.05, 0) is 70.2 Å². The fourth-order valence-corrected chi connectivity index (χ4v) is 6.54. The summed E-state index contributed by atoms with van der Waals surface area (Å²) in [5.74, 6) is 0.644. The minimum Gasteiger partial charge on any atom is -0.444 e. The van der Waals surface area contributed by atoms with Gasteiger partial charge in [-0.1, -0.05) is 19.6 Å². The summed E-state index contributed by atoms with van der Waals surface area (Å²) in [5, 5.41) is 4.25. The number of carbonyl (C=O) groups excluding carboxylic acids is 1. The first kappa shape index (κ1) is 34.7. The minimum atomic E-state index is -4.72. The van der Waals surface area contributed by atoms with E-state index in [0.717, 1.165) is 12.2 Å². The monoisotopic (exact) mass is 690 g/mol. The molecular formula is C31H41F3N8O3SSi. The quantitative estimate of drug-likeness (QED) is 0.141. The van der Waals surface area contributed by atoms with Gasteiger partial charge in [0.25, 0.3) is 0 Å². The molecule has 0 unspecified atom stereocenters. The molecule has 0 radical (unpaired) electrons. The van der Waals surface area contributed by atoms with Crippen LogP contribution in [0.5, 0.6) is 0 Å². The number of aryl methyl sites for hydroxylation is 1. The number of rotatable bonds is 9. The number of likely N-dealkylation sites (tertiary alicyclic amines) is 1. The smallest absolute Gasteiger partial charge is 0.419 e. The van der Waals surface area contributed by atoms with Crippen LogP contribution in [-0.2, 0) is 22.4 Å². The number of aromatic nitrogens is 6. The third-order valence-electron chi connectivity index (χ3n) is 7.45. The van der Waals surface area contributed by atoms with Gasteiger partial charge in [0.1, 0.15) is 35.1 Å². The Balaban J connectivity index is 1.51. The maximum absolute atomic E-state index is 14.4. The number of hydrogen-bond donors (Lipinski definition) is 1. The van der Waals surface area contributed by atoms with Crippen molar-refractivity contribution in [3.63, 3.8) is 0 Å². The Morgan fingerprint density at radius 2 is 1.91 bits per heavy atom. The molecule has 11 nitrogen and oxygen atoms in total. The first-order valence-corrected chi connectivity index (χ1v) is 20.0. The number of ether oxygens (including phenoxy) is 2. The number of alkyl halides is 3. The molecule has 1 atom stereocenters. The number of nitrogens with one attached hydrogen (secondary N) is 1. The molecule has 0 bridgehead atoms. The zero-order valence-corrected chi connectivity index (χ0v) is 29.6. The summed E-state index contributed by atoms with van der Waals surface area (Å²) >= 11 is 1.20. The van der Waals surface area contributed by atoms with E-state index < -0.39 is 31.5 Å². The fraction of sp³-hybridized carbons (Fsp3) is 0.548. The van der Waals surface area contributed by atoms with E-state index in [1.54, 1.807) is 55.5 Å². The van der Waals surface area contributed by atoms with Crippen LogP contribution in [0.2, 0.25) is 25.7 Å². The molecule has 1 N–H and O–H groups in total. The van der Waals surface area contributed by atoms with Crippen LogP contribution in [0.1, 0.15) is 45.0 Å². The second kappa shape index (κ2) is 13.5. The van der Waals surface area contributed by atoms with Gasteiger partial charge in [-0.3, -0.25) is 0 Å². The predicted octanol–water partition coefficient (Wildman–Crippen LogP) is 7.46. The predicted molar refractivity (Wildman–Crippen MR) is 178 cm³/mol. The molecule has 5 heterocycles. The van der Waals surface area contributed by atoms with Crippen molar-refractivity contribution in [3.05, 3.63) is 35.9 Å².